The highest BCUT2D eigenvalue weighted by Gasteiger charge is 2.07. The van der Waals surface area contributed by atoms with Gasteiger partial charge in [0.1, 0.15) is 5.75 Å². The summed E-state index contributed by atoms with van der Waals surface area (Å²) in [6.45, 7) is 0. The molecule has 110 valence electrons. The van der Waals surface area contributed by atoms with Crippen LogP contribution in [-0.2, 0) is 11.2 Å². The summed E-state index contributed by atoms with van der Waals surface area (Å²) in [6, 6.07) is 18.0. The highest BCUT2D eigenvalue weighted by Crippen LogP contribution is 2.12. The van der Waals surface area contributed by atoms with Crippen LogP contribution in [0, 0.1) is 0 Å². The molecule has 0 unspecified atom stereocenters. The number of carbonyl (C=O) groups is 1. The lowest BCUT2D eigenvalue weighted by molar-refractivity contribution is -0.115. The maximum atomic E-state index is 12.0. The van der Waals surface area contributed by atoms with Crippen LogP contribution in [0.15, 0.2) is 66.9 Å². The van der Waals surface area contributed by atoms with Crippen LogP contribution in [-0.4, -0.2) is 20.8 Å². The van der Waals surface area contributed by atoms with E-state index in [4.69, 9.17) is 0 Å². The van der Waals surface area contributed by atoms with Gasteiger partial charge in [0.05, 0.1) is 12.1 Å². The Kier molecular flexibility index (Phi) is 3.87. The molecule has 1 amide bonds. The number of amides is 1. The first-order valence-electron chi connectivity index (χ1n) is 6.89. The molecule has 0 aliphatic rings. The fourth-order valence-corrected chi connectivity index (χ4v) is 2.10. The first-order valence-corrected chi connectivity index (χ1v) is 6.89. The van der Waals surface area contributed by atoms with Crippen molar-refractivity contribution in [1.29, 1.82) is 0 Å². The van der Waals surface area contributed by atoms with Crippen molar-refractivity contribution in [3.05, 3.63) is 72.4 Å². The first-order chi connectivity index (χ1) is 10.7. The molecule has 0 aliphatic carbocycles. The number of aromatic nitrogens is 2. The molecular weight excluding hydrogens is 278 g/mol. The number of aromatic hydroxyl groups is 1. The number of rotatable bonds is 4. The molecule has 1 aromatic heterocycles. The van der Waals surface area contributed by atoms with Gasteiger partial charge in [-0.25, -0.2) is 4.68 Å². The maximum Gasteiger partial charge on any atom is 0.229 e. The average molecular weight is 293 g/mol. The monoisotopic (exact) mass is 293 g/mol. The third kappa shape index (κ3) is 3.32. The van der Waals surface area contributed by atoms with Crippen LogP contribution in [0.3, 0.4) is 0 Å². The number of hydrogen-bond donors (Lipinski definition) is 2. The Balaban J connectivity index is 1.65. The van der Waals surface area contributed by atoms with Crippen molar-refractivity contribution in [3.8, 4) is 11.4 Å². The van der Waals surface area contributed by atoms with Gasteiger partial charge in [0, 0.05) is 12.3 Å². The van der Waals surface area contributed by atoms with E-state index in [9.17, 15) is 9.90 Å². The van der Waals surface area contributed by atoms with Crippen LogP contribution in [0.25, 0.3) is 5.69 Å². The fourth-order valence-electron chi connectivity index (χ4n) is 2.10. The fraction of sp³-hybridized carbons (Fsp3) is 0.0588. The third-order valence-corrected chi connectivity index (χ3v) is 3.18. The molecule has 5 nitrogen and oxygen atoms in total. The molecular formula is C17H15N3O2. The molecule has 3 rings (SSSR count). The Hall–Kier alpha value is -3.08. The maximum absolute atomic E-state index is 12.0. The normalized spacial score (nSPS) is 10.4. The molecule has 22 heavy (non-hydrogen) atoms. The summed E-state index contributed by atoms with van der Waals surface area (Å²) in [5.74, 6) is 0.544. The van der Waals surface area contributed by atoms with E-state index < -0.39 is 0 Å². The summed E-state index contributed by atoms with van der Waals surface area (Å²) in [5, 5.41) is 16.3. The minimum Gasteiger partial charge on any atom is -0.508 e. The molecule has 0 spiro atoms. The SMILES string of the molecule is O=C(Cc1ccc(O)cc1)Nc1ccn(-c2ccccc2)n1. The third-order valence-electron chi connectivity index (χ3n) is 3.18. The first kappa shape index (κ1) is 13.9. The molecule has 0 bridgehead atoms. The number of nitrogens with zero attached hydrogens (tertiary/aromatic N) is 2. The molecule has 3 aromatic rings. The van der Waals surface area contributed by atoms with Gasteiger partial charge in [0.2, 0.25) is 5.91 Å². The second-order valence-electron chi connectivity index (χ2n) is 4.87. The summed E-state index contributed by atoms with van der Waals surface area (Å²) >= 11 is 0. The van der Waals surface area contributed by atoms with Crippen molar-refractivity contribution in [1.82, 2.24) is 9.78 Å². The van der Waals surface area contributed by atoms with Crippen molar-refractivity contribution in [3.63, 3.8) is 0 Å². The molecule has 0 radical (unpaired) electrons. The Morgan fingerprint density at radius 1 is 1.05 bits per heavy atom. The van der Waals surface area contributed by atoms with Crippen molar-refractivity contribution < 1.29 is 9.90 Å². The number of carbonyl (C=O) groups excluding carboxylic acids is 1. The van der Waals surface area contributed by atoms with Gasteiger partial charge in [0.25, 0.3) is 0 Å². The second-order valence-corrected chi connectivity index (χ2v) is 4.87. The number of para-hydroxylation sites is 1. The summed E-state index contributed by atoms with van der Waals surface area (Å²) in [7, 11) is 0. The lowest BCUT2D eigenvalue weighted by Crippen LogP contribution is -2.14. The average Bonchev–Trinajstić information content (AvgIpc) is 2.99. The van der Waals surface area contributed by atoms with Crippen molar-refractivity contribution in [2.24, 2.45) is 0 Å². The molecule has 0 fully saturated rings. The molecule has 1 heterocycles. The van der Waals surface area contributed by atoms with Crippen LogP contribution < -0.4 is 5.32 Å². The van der Waals surface area contributed by atoms with Crippen LogP contribution in [0.4, 0.5) is 5.82 Å². The molecule has 5 heteroatoms. The number of nitrogens with one attached hydrogen (secondary N) is 1. The molecule has 2 N–H and O–H groups in total. The van der Waals surface area contributed by atoms with Gasteiger partial charge in [-0.3, -0.25) is 4.79 Å². The molecule has 0 saturated carbocycles. The number of phenols is 1. The Labute approximate surface area is 127 Å². The molecule has 0 saturated heterocycles. The Bertz CT molecular complexity index is 764. The number of phenolic OH excluding ortho intramolecular Hbond substituents is 1. The van der Waals surface area contributed by atoms with Gasteiger partial charge in [-0.2, -0.15) is 5.10 Å². The van der Waals surface area contributed by atoms with E-state index in [-0.39, 0.29) is 18.1 Å². The zero-order valence-electron chi connectivity index (χ0n) is 11.8. The summed E-state index contributed by atoms with van der Waals surface area (Å²) < 4.78 is 1.70. The van der Waals surface area contributed by atoms with E-state index >= 15 is 0 Å². The lowest BCUT2D eigenvalue weighted by atomic mass is 10.1. The van der Waals surface area contributed by atoms with Gasteiger partial charge < -0.3 is 10.4 Å². The van der Waals surface area contributed by atoms with Gasteiger partial charge in [0.15, 0.2) is 5.82 Å². The standard InChI is InChI=1S/C17H15N3O2/c21-15-8-6-13(7-9-15)12-17(22)18-16-10-11-20(19-16)14-4-2-1-3-5-14/h1-11,21H,12H2,(H,18,19,22). The Morgan fingerprint density at radius 2 is 1.77 bits per heavy atom. The molecule has 0 aliphatic heterocycles. The summed E-state index contributed by atoms with van der Waals surface area (Å²) in [5.41, 5.74) is 1.76. The smallest absolute Gasteiger partial charge is 0.229 e. The predicted molar refractivity (Wildman–Crippen MR) is 84.0 cm³/mol. The van der Waals surface area contributed by atoms with E-state index in [0.717, 1.165) is 11.3 Å². The van der Waals surface area contributed by atoms with Crippen molar-refractivity contribution >= 4 is 11.7 Å². The van der Waals surface area contributed by atoms with E-state index in [1.807, 2.05) is 30.3 Å². The Morgan fingerprint density at radius 3 is 2.50 bits per heavy atom. The predicted octanol–water partition coefficient (Wildman–Crippen LogP) is 2.76. The van der Waals surface area contributed by atoms with Gasteiger partial charge in [-0.15, -0.1) is 0 Å². The van der Waals surface area contributed by atoms with Gasteiger partial charge in [-0.1, -0.05) is 30.3 Å². The van der Waals surface area contributed by atoms with E-state index in [1.54, 1.807) is 41.2 Å². The van der Waals surface area contributed by atoms with Crippen LogP contribution in [0.1, 0.15) is 5.56 Å². The number of anilines is 1. The molecule has 2 aromatic carbocycles. The zero-order chi connectivity index (χ0) is 15.4. The van der Waals surface area contributed by atoms with Gasteiger partial charge >= 0.3 is 0 Å². The number of hydrogen-bond acceptors (Lipinski definition) is 3. The van der Waals surface area contributed by atoms with Crippen molar-refractivity contribution in [2.45, 2.75) is 6.42 Å². The van der Waals surface area contributed by atoms with Gasteiger partial charge in [-0.05, 0) is 29.8 Å². The van der Waals surface area contributed by atoms with E-state index in [0.29, 0.717) is 5.82 Å². The van der Waals surface area contributed by atoms with Crippen LogP contribution in [0.2, 0.25) is 0 Å². The largest absolute Gasteiger partial charge is 0.508 e. The quantitative estimate of drug-likeness (QED) is 0.777. The zero-order valence-corrected chi connectivity index (χ0v) is 11.8. The van der Waals surface area contributed by atoms with Crippen LogP contribution in [0.5, 0.6) is 5.75 Å². The van der Waals surface area contributed by atoms with Crippen molar-refractivity contribution in [2.75, 3.05) is 5.32 Å². The minimum absolute atomic E-state index is 0.149. The lowest BCUT2D eigenvalue weighted by Gasteiger charge is -2.03. The van der Waals surface area contributed by atoms with E-state index in [2.05, 4.69) is 10.4 Å². The highest BCUT2D eigenvalue weighted by atomic mass is 16.3. The summed E-state index contributed by atoms with van der Waals surface area (Å²) in [4.78, 5) is 12.0. The number of benzene rings is 2. The highest BCUT2D eigenvalue weighted by molar-refractivity contribution is 5.91. The second kappa shape index (κ2) is 6.13. The van der Waals surface area contributed by atoms with Crippen LogP contribution >= 0.6 is 0 Å². The minimum atomic E-state index is -0.149. The van der Waals surface area contributed by atoms with E-state index in [1.165, 1.54) is 0 Å². The molecule has 0 atom stereocenters. The summed E-state index contributed by atoms with van der Waals surface area (Å²) in [6.07, 6.45) is 2.03. The topological polar surface area (TPSA) is 67.2 Å².